The summed E-state index contributed by atoms with van der Waals surface area (Å²) < 4.78 is 32.3. The molecule has 4 rings (SSSR count). The molecule has 2 amide bonds. The van der Waals surface area contributed by atoms with Crippen LogP contribution in [0.4, 0.5) is 8.78 Å². The first-order valence-corrected chi connectivity index (χ1v) is 10.9. The summed E-state index contributed by atoms with van der Waals surface area (Å²) in [6, 6.07) is 8.99. The van der Waals surface area contributed by atoms with Crippen LogP contribution in [0.5, 0.6) is 0 Å². The minimum absolute atomic E-state index is 0.00217. The number of hydrogen-bond acceptors (Lipinski definition) is 6. The zero-order chi connectivity index (χ0) is 24.3. The molecule has 1 aromatic carbocycles. The summed E-state index contributed by atoms with van der Waals surface area (Å²) in [6.45, 7) is 4.61. The molecule has 10 heteroatoms. The van der Waals surface area contributed by atoms with Crippen molar-refractivity contribution in [3.8, 4) is 11.3 Å². The van der Waals surface area contributed by atoms with Crippen LogP contribution in [-0.4, -0.2) is 41.1 Å². The quantitative estimate of drug-likeness (QED) is 0.512. The Morgan fingerprint density at radius 2 is 2.06 bits per heavy atom. The Morgan fingerprint density at radius 3 is 2.79 bits per heavy atom. The zero-order valence-electron chi connectivity index (χ0n) is 18.8. The predicted octanol–water partition coefficient (Wildman–Crippen LogP) is 2.99. The summed E-state index contributed by atoms with van der Waals surface area (Å²) in [5.41, 5.74) is -0.289. The molecule has 34 heavy (non-hydrogen) atoms. The number of aromatic nitrogens is 2. The highest BCUT2D eigenvalue weighted by molar-refractivity contribution is 5.94. The number of nitrogens with one attached hydrogen (secondary N) is 3. The van der Waals surface area contributed by atoms with Gasteiger partial charge in [-0.05, 0) is 51.1 Å². The highest BCUT2D eigenvalue weighted by atomic mass is 19.1. The zero-order valence-corrected chi connectivity index (χ0v) is 18.8. The van der Waals surface area contributed by atoms with Crippen LogP contribution < -0.4 is 16.0 Å². The molecular weight excluding hydrogens is 444 g/mol. The van der Waals surface area contributed by atoms with E-state index in [0.717, 1.165) is 17.8 Å². The van der Waals surface area contributed by atoms with Gasteiger partial charge in [-0.3, -0.25) is 14.6 Å². The van der Waals surface area contributed by atoms with Crippen LogP contribution in [0.15, 0.2) is 53.2 Å². The van der Waals surface area contributed by atoms with Crippen LogP contribution in [0.25, 0.3) is 11.3 Å². The molecule has 3 N–H and O–H groups in total. The van der Waals surface area contributed by atoms with Gasteiger partial charge in [-0.15, -0.1) is 0 Å². The monoisotopic (exact) mass is 469 g/mol. The number of nitrogens with zero attached hydrogens (tertiary/aromatic N) is 2. The Kier molecular flexibility index (Phi) is 6.69. The molecule has 3 aromatic rings. The van der Waals surface area contributed by atoms with Gasteiger partial charge < -0.3 is 20.5 Å². The predicted molar refractivity (Wildman–Crippen MR) is 119 cm³/mol. The number of halogens is 2. The number of pyridine rings is 1. The fourth-order valence-corrected chi connectivity index (χ4v) is 4.00. The topological polar surface area (TPSA) is 109 Å². The van der Waals surface area contributed by atoms with E-state index in [1.54, 1.807) is 19.2 Å². The van der Waals surface area contributed by atoms with E-state index in [9.17, 15) is 18.4 Å². The van der Waals surface area contributed by atoms with Gasteiger partial charge in [0.2, 0.25) is 5.91 Å². The average molecular weight is 469 g/mol. The number of amides is 2. The van der Waals surface area contributed by atoms with Crippen molar-refractivity contribution in [2.24, 2.45) is 5.41 Å². The Labute approximate surface area is 195 Å². The van der Waals surface area contributed by atoms with Crippen LogP contribution in [0.1, 0.15) is 42.5 Å². The largest absolute Gasteiger partial charge is 0.355 e. The van der Waals surface area contributed by atoms with Crippen molar-refractivity contribution in [1.82, 2.24) is 26.1 Å². The van der Waals surface area contributed by atoms with Gasteiger partial charge >= 0.3 is 0 Å². The van der Waals surface area contributed by atoms with Gasteiger partial charge in [-0.25, -0.2) is 8.78 Å². The van der Waals surface area contributed by atoms with E-state index in [0.29, 0.717) is 19.5 Å². The molecule has 1 fully saturated rings. The summed E-state index contributed by atoms with van der Waals surface area (Å²) in [5, 5.41) is 12.8. The SMILES string of the molecule is C[C@@H](NC(=O)C1(C)CNCCC1NC(=O)c1cc(-c2ccc(F)cc2F)on1)c1ccccn1. The maximum absolute atomic E-state index is 14.1. The van der Waals surface area contributed by atoms with Crippen molar-refractivity contribution < 1.29 is 22.9 Å². The molecule has 0 bridgehead atoms. The lowest BCUT2D eigenvalue weighted by molar-refractivity contribution is -0.133. The molecule has 3 heterocycles. The van der Waals surface area contributed by atoms with Crippen molar-refractivity contribution in [2.75, 3.05) is 13.1 Å². The van der Waals surface area contributed by atoms with Crippen LogP contribution in [0.2, 0.25) is 0 Å². The molecule has 0 saturated carbocycles. The standard InChI is InChI=1S/C24H25F2N5O3/c1-14(18-5-3-4-9-28-18)29-23(33)24(2)13-27-10-8-21(24)30-22(32)19-12-20(34-31-19)16-7-6-15(25)11-17(16)26/h3-7,9,11-12,14,21,27H,8,10,13H2,1-2H3,(H,29,33)(H,30,32)/t14-,21?,24?/m1/s1. The number of carbonyl (C=O) groups excluding carboxylic acids is 2. The number of rotatable bonds is 6. The van der Waals surface area contributed by atoms with Crippen molar-refractivity contribution in [2.45, 2.75) is 32.4 Å². The lowest BCUT2D eigenvalue weighted by atomic mass is 9.76. The smallest absolute Gasteiger partial charge is 0.273 e. The van der Waals surface area contributed by atoms with Gasteiger partial charge in [0.05, 0.1) is 22.7 Å². The lowest BCUT2D eigenvalue weighted by Crippen LogP contribution is -2.62. The molecule has 0 spiro atoms. The highest BCUT2D eigenvalue weighted by Gasteiger charge is 2.44. The van der Waals surface area contributed by atoms with Crippen molar-refractivity contribution in [3.05, 3.63) is 71.7 Å². The van der Waals surface area contributed by atoms with Crippen molar-refractivity contribution in [3.63, 3.8) is 0 Å². The second kappa shape index (κ2) is 9.68. The van der Waals surface area contributed by atoms with Crippen LogP contribution in [0, 0.1) is 17.0 Å². The Bertz CT molecular complexity index is 1190. The van der Waals surface area contributed by atoms with Crippen LogP contribution in [-0.2, 0) is 4.79 Å². The van der Waals surface area contributed by atoms with Crippen LogP contribution in [0.3, 0.4) is 0 Å². The van der Waals surface area contributed by atoms with E-state index in [1.165, 1.54) is 12.1 Å². The van der Waals surface area contributed by atoms with E-state index in [4.69, 9.17) is 4.52 Å². The third-order valence-corrected chi connectivity index (χ3v) is 6.11. The van der Waals surface area contributed by atoms with Crippen LogP contribution >= 0.6 is 0 Å². The molecule has 3 atom stereocenters. The van der Waals surface area contributed by atoms with Gasteiger partial charge in [0.15, 0.2) is 11.5 Å². The maximum Gasteiger partial charge on any atom is 0.273 e. The Balaban J connectivity index is 1.48. The van der Waals surface area contributed by atoms with Gasteiger partial charge in [-0.1, -0.05) is 11.2 Å². The van der Waals surface area contributed by atoms with Crippen molar-refractivity contribution >= 4 is 11.8 Å². The molecule has 2 unspecified atom stereocenters. The minimum atomic E-state index is -0.938. The summed E-state index contributed by atoms with van der Waals surface area (Å²) in [5.74, 6) is -2.33. The summed E-state index contributed by atoms with van der Waals surface area (Å²) in [7, 11) is 0. The normalized spacial score (nSPS) is 21.0. The van der Waals surface area contributed by atoms with Gasteiger partial charge in [-0.2, -0.15) is 0 Å². The fraction of sp³-hybridized carbons (Fsp3) is 0.333. The molecule has 0 radical (unpaired) electrons. The average Bonchev–Trinajstić information content (AvgIpc) is 3.31. The molecule has 8 nitrogen and oxygen atoms in total. The van der Waals surface area contributed by atoms with Gasteiger partial charge in [0.1, 0.15) is 11.6 Å². The van der Waals surface area contributed by atoms with E-state index < -0.39 is 29.0 Å². The molecule has 1 saturated heterocycles. The van der Waals surface area contributed by atoms with Gasteiger partial charge in [0.25, 0.3) is 5.91 Å². The van der Waals surface area contributed by atoms with Gasteiger partial charge in [0, 0.05) is 30.9 Å². The number of hydrogen-bond donors (Lipinski definition) is 3. The first-order chi connectivity index (χ1) is 16.3. The van der Waals surface area contributed by atoms with E-state index >= 15 is 0 Å². The summed E-state index contributed by atoms with van der Waals surface area (Å²) >= 11 is 0. The first kappa shape index (κ1) is 23.5. The summed E-state index contributed by atoms with van der Waals surface area (Å²) in [6.07, 6.45) is 2.18. The fourth-order valence-electron chi connectivity index (χ4n) is 4.00. The van der Waals surface area contributed by atoms with Crippen molar-refractivity contribution in [1.29, 1.82) is 0 Å². The van der Waals surface area contributed by atoms with E-state index in [1.807, 2.05) is 19.1 Å². The number of piperidine rings is 1. The third-order valence-electron chi connectivity index (χ3n) is 6.11. The maximum atomic E-state index is 14.1. The number of benzene rings is 1. The molecule has 2 aromatic heterocycles. The summed E-state index contributed by atoms with van der Waals surface area (Å²) in [4.78, 5) is 30.4. The highest BCUT2D eigenvalue weighted by Crippen LogP contribution is 2.29. The Hall–Kier alpha value is -3.66. The molecule has 1 aliphatic heterocycles. The third kappa shape index (κ3) is 4.81. The molecule has 1 aliphatic rings. The lowest BCUT2D eigenvalue weighted by Gasteiger charge is -2.41. The first-order valence-electron chi connectivity index (χ1n) is 10.9. The van der Waals surface area contributed by atoms with E-state index in [-0.39, 0.29) is 29.0 Å². The second-order valence-corrected chi connectivity index (χ2v) is 8.56. The molecular formula is C24H25F2N5O3. The molecule has 178 valence electrons. The Morgan fingerprint density at radius 1 is 1.24 bits per heavy atom. The van der Waals surface area contributed by atoms with E-state index in [2.05, 4.69) is 26.1 Å². The molecule has 0 aliphatic carbocycles. The second-order valence-electron chi connectivity index (χ2n) is 8.56. The minimum Gasteiger partial charge on any atom is -0.355 e. The number of carbonyl (C=O) groups is 2.